The summed E-state index contributed by atoms with van der Waals surface area (Å²) in [6.45, 7) is 2.10. The maximum absolute atomic E-state index is 5.79. The molecule has 0 aromatic carbocycles. The normalized spacial score (nSPS) is 13.0. The first-order valence-corrected chi connectivity index (χ1v) is 4.91. The topological polar surface area (TPSA) is 12.9 Å². The monoisotopic (exact) mass is 233 g/mol. The maximum atomic E-state index is 5.79. The van der Waals surface area contributed by atoms with Crippen molar-refractivity contribution >= 4 is 27.5 Å². The van der Waals surface area contributed by atoms with Gasteiger partial charge in [0.15, 0.2) is 0 Å². The lowest BCUT2D eigenvalue weighted by atomic mass is 10.1. The van der Waals surface area contributed by atoms with E-state index in [9.17, 15) is 0 Å². The fourth-order valence-corrected chi connectivity index (χ4v) is 1.27. The first kappa shape index (κ1) is 9.01. The Labute approximate surface area is 79.9 Å². The highest BCUT2D eigenvalue weighted by molar-refractivity contribution is 9.09. The van der Waals surface area contributed by atoms with Crippen LogP contribution in [-0.2, 0) is 0 Å². The van der Waals surface area contributed by atoms with Crippen molar-refractivity contribution in [2.75, 3.05) is 5.33 Å². The smallest absolute Gasteiger partial charge is 0.0454 e. The number of hydrogen-bond donors (Lipinski definition) is 0. The fourth-order valence-electron chi connectivity index (χ4n) is 0.770. The molecule has 1 rings (SSSR count). The molecule has 0 aliphatic heterocycles. The summed E-state index contributed by atoms with van der Waals surface area (Å²) < 4.78 is 0. The van der Waals surface area contributed by atoms with Crippen LogP contribution in [0.5, 0.6) is 0 Å². The van der Waals surface area contributed by atoms with E-state index < -0.39 is 0 Å². The fraction of sp³-hybridized carbons (Fsp3) is 0.375. The zero-order chi connectivity index (χ0) is 8.27. The second-order valence-corrected chi connectivity index (χ2v) is 3.54. The van der Waals surface area contributed by atoms with Gasteiger partial charge in [0, 0.05) is 28.2 Å². The van der Waals surface area contributed by atoms with Crippen LogP contribution in [0.25, 0.3) is 0 Å². The molecule has 0 aliphatic carbocycles. The van der Waals surface area contributed by atoms with Gasteiger partial charge in [-0.2, -0.15) is 0 Å². The van der Waals surface area contributed by atoms with Crippen molar-refractivity contribution in [1.82, 2.24) is 4.98 Å². The number of pyridine rings is 1. The largest absolute Gasteiger partial charge is 0.261 e. The van der Waals surface area contributed by atoms with Crippen LogP contribution in [0, 0.1) is 0 Å². The average molecular weight is 235 g/mol. The number of rotatable bonds is 2. The minimum absolute atomic E-state index is 0.425. The minimum atomic E-state index is 0.425. The first-order valence-electron chi connectivity index (χ1n) is 3.41. The average Bonchev–Trinajstić information content (AvgIpc) is 2.03. The summed E-state index contributed by atoms with van der Waals surface area (Å²) in [4.78, 5) is 4.20. The number of alkyl halides is 1. The van der Waals surface area contributed by atoms with Gasteiger partial charge < -0.3 is 0 Å². The van der Waals surface area contributed by atoms with E-state index in [0.717, 1.165) is 16.0 Å². The SMILES string of the molecule is CC(CBr)c1cc(Cl)ccn1. The molecule has 0 bridgehead atoms. The molecule has 1 aromatic heterocycles. The summed E-state index contributed by atoms with van der Waals surface area (Å²) in [6, 6.07) is 3.68. The molecule has 0 saturated heterocycles. The lowest BCUT2D eigenvalue weighted by Gasteiger charge is -2.05. The van der Waals surface area contributed by atoms with Crippen molar-refractivity contribution in [2.24, 2.45) is 0 Å². The van der Waals surface area contributed by atoms with Gasteiger partial charge in [-0.05, 0) is 12.1 Å². The van der Waals surface area contributed by atoms with Gasteiger partial charge in [-0.3, -0.25) is 4.98 Å². The second kappa shape index (κ2) is 4.07. The first-order chi connectivity index (χ1) is 5.24. The molecular formula is C8H9BrClN. The molecule has 0 fully saturated rings. The zero-order valence-corrected chi connectivity index (χ0v) is 8.56. The Morgan fingerprint density at radius 2 is 2.45 bits per heavy atom. The van der Waals surface area contributed by atoms with E-state index in [4.69, 9.17) is 11.6 Å². The molecule has 1 heterocycles. The maximum Gasteiger partial charge on any atom is 0.0454 e. The molecule has 11 heavy (non-hydrogen) atoms. The van der Waals surface area contributed by atoms with Crippen molar-refractivity contribution in [3.63, 3.8) is 0 Å². The van der Waals surface area contributed by atoms with Crippen LogP contribution >= 0.6 is 27.5 Å². The molecule has 0 aliphatic rings. The highest BCUT2D eigenvalue weighted by Crippen LogP contribution is 2.17. The third-order valence-corrected chi connectivity index (χ3v) is 2.69. The molecule has 0 radical (unpaired) electrons. The molecule has 0 saturated carbocycles. The quantitative estimate of drug-likeness (QED) is 0.716. The zero-order valence-electron chi connectivity index (χ0n) is 6.22. The Hall–Kier alpha value is -0.0800. The number of halogens is 2. The standard InChI is InChI=1S/C8H9BrClN/c1-6(5-9)8-4-7(10)2-3-11-8/h2-4,6H,5H2,1H3. The van der Waals surface area contributed by atoms with Gasteiger partial charge >= 0.3 is 0 Å². The van der Waals surface area contributed by atoms with Crippen LogP contribution in [0.2, 0.25) is 5.02 Å². The Morgan fingerprint density at radius 1 is 1.73 bits per heavy atom. The Morgan fingerprint density at radius 3 is 3.00 bits per heavy atom. The summed E-state index contributed by atoms with van der Waals surface area (Å²) in [6.07, 6.45) is 1.73. The van der Waals surface area contributed by atoms with Crippen molar-refractivity contribution in [2.45, 2.75) is 12.8 Å². The predicted molar refractivity (Wildman–Crippen MR) is 51.5 cm³/mol. The summed E-state index contributed by atoms with van der Waals surface area (Å²) >= 11 is 9.18. The molecule has 3 heteroatoms. The highest BCUT2D eigenvalue weighted by Gasteiger charge is 2.04. The van der Waals surface area contributed by atoms with E-state index >= 15 is 0 Å². The number of nitrogens with zero attached hydrogens (tertiary/aromatic N) is 1. The molecule has 1 aromatic rings. The van der Waals surface area contributed by atoms with Crippen LogP contribution in [0.3, 0.4) is 0 Å². The lowest BCUT2D eigenvalue weighted by Crippen LogP contribution is -1.96. The van der Waals surface area contributed by atoms with Gasteiger partial charge in [0.05, 0.1) is 0 Å². The third-order valence-electron chi connectivity index (χ3n) is 1.48. The third kappa shape index (κ3) is 2.46. The van der Waals surface area contributed by atoms with Crippen molar-refractivity contribution in [1.29, 1.82) is 0 Å². The molecule has 1 atom stereocenters. The van der Waals surface area contributed by atoms with Gasteiger partial charge in [-0.1, -0.05) is 34.5 Å². The van der Waals surface area contributed by atoms with E-state index in [1.54, 1.807) is 12.3 Å². The van der Waals surface area contributed by atoms with Crippen molar-refractivity contribution < 1.29 is 0 Å². The summed E-state index contributed by atoms with van der Waals surface area (Å²) in [5, 5.41) is 1.67. The highest BCUT2D eigenvalue weighted by atomic mass is 79.9. The van der Waals surface area contributed by atoms with Crippen molar-refractivity contribution in [3.8, 4) is 0 Å². The van der Waals surface area contributed by atoms with Gasteiger partial charge in [0.1, 0.15) is 0 Å². The lowest BCUT2D eigenvalue weighted by molar-refractivity contribution is 0.841. The Balaban J connectivity index is 2.86. The van der Waals surface area contributed by atoms with Gasteiger partial charge in [-0.25, -0.2) is 0 Å². The van der Waals surface area contributed by atoms with Gasteiger partial charge in [0.25, 0.3) is 0 Å². The summed E-state index contributed by atoms with van der Waals surface area (Å²) in [5.74, 6) is 0.425. The van der Waals surface area contributed by atoms with Crippen LogP contribution in [0.4, 0.5) is 0 Å². The van der Waals surface area contributed by atoms with E-state index in [-0.39, 0.29) is 0 Å². The molecule has 0 spiro atoms. The van der Waals surface area contributed by atoms with Gasteiger partial charge in [-0.15, -0.1) is 0 Å². The molecule has 1 nitrogen and oxygen atoms in total. The Bertz CT molecular complexity index is 239. The molecule has 1 unspecified atom stereocenters. The van der Waals surface area contributed by atoms with Crippen LogP contribution in [0.15, 0.2) is 18.3 Å². The summed E-state index contributed by atoms with van der Waals surface area (Å²) in [5.41, 5.74) is 1.04. The van der Waals surface area contributed by atoms with Gasteiger partial charge in [0.2, 0.25) is 0 Å². The summed E-state index contributed by atoms with van der Waals surface area (Å²) in [7, 11) is 0. The molecule has 60 valence electrons. The van der Waals surface area contributed by atoms with E-state index in [2.05, 4.69) is 27.8 Å². The van der Waals surface area contributed by atoms with E-state index in [0.29, 0.717) is 5.92 Å². The van der Waals surface area contributed by atoms with Crippen molar-refractivity contribution in [3.05, 3.63) is 29.0 Å². The van der Waals surface area contributed by atoms with Crippen LogP contribution in [0.1, 0.15) is 18.5 Å². The number of hydrogen-bond acceptors (Lipinski definition) is 1. The van der Waals surface area contributed by atoms with E-state index in [1.165, 1.54) is 0 Å². The van der Waals surface area contributed by atoms with Crippen LogP contribution in [-0.4, -0.2) is 10.3 Å². The predicted octanol–water partition coefficient (Wildman–Crippen LogP) is 3.23. The minimum Gasteiger partial charge on any atom is -0.261 e. The molecule has 0 amide bonds. The molecule has 0 N–H and O–H groups in total. The van der Waals surface area contributed by atoms with Crippen LogP contribution < -0.4 is 0 Å². The van der Waals surface area contributed by atoms with E-state index in [1.807, 2.05) is 6.07 Å². The molecular weight excluding hydrogens is 225 g/mol. The Kier molecular flexibility index (Phi) is 3.34. The number of aromatic nitrogens is 1. The second-order valence-electron chi connectivity index (χ2n) is 2.45.